The second-order valence-electron chi connectivity index (χ2n) is 7.29. The van der Waals surface area contributed by atoms with E-state index in [1.54, 1.807) is 6.07 Å². The summed E-state index contributed by atoms with van der Waals surface area (Å²) in [5.74, 6) is 0.581. The molecule has 0 aliphatic heterocycles. The fraction of sp³-hybridized carbons (Fsp3) is 0.409. The highest BCUT2D eigenvalue weighted by molar-refractivity contribution is 5.95. The molecule has 0 amide bonds. The predicted octanol–water partition coefficient (Wildman–Crippen LogP) is 5.04. The van der Waals surface area contributed by atoms with E-state index in [1.165, 1.54) is 12.7 Å². The van der Waals surface area contributed by atoms with Crippen LogP contribution in [0, 0.1) is 0 Å². The molecule has 4 heteroatoms. The summed E-state index contributed by atoms with van der Waals surface area (Å²) in [5, 5.41) is 3.29. The van der Waals surface area contributed by atoms with Crippen molar-refractivity contribution in [2.45, 2.75) is 39.0 Å². The molecule has 2 rings (SSSR count). The average Bonchev–Trinajstić information content (AvgIpc) is 2.64. The van der Waals surface area contributed by atoms with E-state index in [2.05, 4.69) is 38.2 Å². The zero-order chi connectivity index (χ0) is 19.0. The minimum atomic E-state index is -0.324. The lowest BCUT2D eigenvalue weighted by Gasteiger charge is -2.19. The topological polar surface area (TPSA) is 47.6 Å². The predicted molar refractivity (Wildman–Crippen MR) is 106 cm³/mol. The number of esters is 1. The molecule has 0 radical (unpaired) electrons. The van der Waals surface area contributed by atoms with Gasteiger partial charge in [-0.15, -0.1) is 0 Å². The lowest BCUT2D eigenvalue weighted by Crippen LogP contribution is -2.11. The average molecular weight is 355 g/mol. The summed E-state index contributed by atoms with van der Waals surface area (Å²) in [6.45, 7) is 8.06. The van der Waals surface area contributed by atoms with Crippen LogP contribution in [0.15, 0.2) is 48.5 Å². The first kappa shape index (κ1) is 19.8. The number of rotatable bonds is 8. The van der Waals surface area contributed by atoms with Gasteiger partial charge in [0.1, 0.15) is 5.75 Å². The van der Waals surface area contributed by atoms with E-state index in [4.69, 9.17) is 9.47 Å². The normalized spacial score (nSPS) is 11.1. The van der Waals surface area contributed by atoms with Gasteiger partial charge in [-0.2, -0.15) is 0 Å². The van der Waals surface area contributed by atoms with Gasteiger partial charge in [-0.1, -0.05) is 45.0 Å². The second-order valence-corrected chi connectivity index (χ2v) is 7.29. The fourth-order valence-electron chi connectivity index (χ4n) is 2.62. The number of methoxy groups -OCH3 is 1. The van der Waals surface area contributed by atoms with E-state index in [9.17, 15) is 4.79 Å². The Kier molecular flexibility index (Phi) is 7.07. The second kappa shape index (κ2) is 9.27. The van der Waals surface area contributed by atoms with Crippen LogP contribution in [0.2, 0.25) is 0 Å². The van der Waals surface area contributed by atoms with Gasteiger partial charge < -0.3 is 14.8 Å². The van der Waals surface area contributed by atoms with Crippen LogP contribution in [0.3, 0.4) is 0 Å². The van der Waals surface area contributed by atoms with Crippen molar-refractivity contribution in [3.05, 3.63) is 59.7 Å². The molecule has 0 heterocycles. The molecule has 0 saturated heterocycles. The quantitative estimate of drug-likeness (QED) is 0.532. The summed E-state index contributed by atoms with van der Waals surface area (Å²) in [4.78, 5) is 11.7. The van der Waals surface area contributed by atoms with Crippen LogP contribution in [0.5, 0.6) is 5.75 Å². The summed E-state index contributed by atoms with van der Waals surface area (Å²) < 4.78 is 10.6. The van der Waals surface area contributed by atoms with Crippen LogP contribution >= 0.6 is 0 Å². The molecule has 0 bridgehead atoms. The van der Waals surface area contributed by atoms with Crippen LogP contribution < -0.4 is 10.1 Å². The van der Waals surface area contributed by atoms with Gasteiger partial charge in [0.05, 0.1) is 19.3 Å². The fourth-order valence-corrected chi connectivity index (χ4v) is 2.62. The summed E-state index contributed by atoms with van der Waals surface area (Å²) in [7, 11) is 1.39. The van der Waals surface area contributed by atoms with Crippen LogP contribution in [0.25, 0.3) is 0 Å². The number of unbranched alkanes of at least 4 members (excludes halogenated alkanes) is 1. The van der Waals surface area contributed by atoms with Gasteiger partial charge in [0.25, 0.3) is 0 Å². The third-order valence-electron chi connectivity index (χ3n) is 4.21. The molecule has 0 spiro atoms. The SMILES string of the molecule is COC(=O)c1ccccc1NCCCCOc1ccc(C(C)(C)C)cc1. The molecule has 0 saturated carbocycles. The zero-order valence-corrected chi connectivity index (χ0v) is 16.2. The molecule has 0 atom stereocenters. The van der Waals surface area contributed by atoms with Gasteiger partial charge in [-0.3, -0.25) is 0 Å². The first-order valence-corrected chi connectivity index (χ1v) is 9.06. The Morgan fingerprint density at radius 2 is 1.69 bits per heavy atom. The van der Waals surface area contributed by atoms with Gasteiger partial charge >= 0.3 is 5.97 Å². The largest absolute Gasteiger partial charge is 0.494 e. The highest BCUT2D eigenvalue weighted by Crippen LogP contribution is 2.24. The molecule has 0 aromatic heterocycles. The maximum Gasteiger partial charge on any atom is 0.339 e. The highest BCUT2D eigenvalue weighted by atomic mass is 16.5. The van der Waals surface area contributed by atoms with E-state index in [0.29, 0.717) is 12.2 Å². The number of para-hydroxylation sites is 1. The molecule has 4 nitrogen and oxygen atoms in total. The highest BCUT2D eigenvalue weighted by Gasteiger charge is 2.13. The van der Waals surface area contributed by atoms with Crippen LogP contribution in [-0.4, -0.2) is 26.2 Å². The maximum absolute atomic E-state index is 11.7. The molecular weight excluding hydrogens is 326 g/mol. The molecule has 1 N–H and O–H groups in total. The van der Waals surface area contributed by atoms with Crippen molar-refractivity contribution in [3.8, 4) is 5.75 Å². The number of hydrogen-bond donors (Lipinski definition) is 1. The van der Waals surface area contributed by atoms with Crippen molar-refractivity contribution in [1.82, 2.24) is 0 Å². The molecule has 26 heavy (non-hydrogen) atoms. The summed E-state index contributed by atoms with van der Waals surface area (Å²) in [6, 6.07) is 15.7. The Morgan fingerprint density at radius 3 is 2.35 bits per heavy atom. The van der Waals surface area contributed by atoms with E-state index in [0.717, 1.165) is 30.8 Å². The lowest BCUT2D eigenvalue weighted by molar-refractivity contribution is 0.0602. The van der Waals surface area contributed by atoms with Gasteiger partial charge in [0, 0.05) is 12.2 Å². The van der Waals surface area contributed by atoms with Crippen molar-refractivity contribution in [1.29, 1.82) is 0 Å². The first-order valence-electron chi connectivity index (χ1n) is 9.06. The van der Waals surface area contributed by atoms with E-state index in [-0.39, 0.29) is 11.4 Å². The number of anilines is 1. The molecule has 0 aliphatic carbocycles. The molecule has 2 aromatic rings. The third-order valence-corrected chi connectivity index (χ3v) is 4.21. The minimum Gasteiger partial charge on any atom is -0.494 e. The van der Waals surface area contributed by atoms with Crippen molar-refractivity contribution < 1.29 is 14.3 Å². The maximum atomic E-state index is 11.7. The number of carbonyl (C=O) groups is 1. The van der Waals surface area contributed by atoms with Crippen LogP contribution in [-0.2, 0) is 10.2 Å². The molecule has 0 unspecified atom stereocenters. The Morgan fingerprint density at radius 1 is 1.00 bits per heavy atom. The van der Waals surface area contributed by atoms with E-state index >= 15 is 0 Å². The van der Waals surface area contributed by atoms with Gasteiger partial charge in [0.2, 0.25) is 0 Å². The monoisotopic (exact) mass is 355 g/mol. The van der Waals surface area contributed by atoms with Crippen molar-refractivity contribution >= 4 is 11.7 Å². The van der Waals surface area contributed by atoms with Gasteiger partial charge in [-0.25, -0.2) is 4.79 Å². The Balaban J connectivity index is 1.71. The van der Waals surface area contributed by atoms with Crippen molar-refractivity contribution in [3.63, 3.8) is 0 Å². The van der Waals surface area contributed by atoms with E-state index < -0.39 is 0 Å². The van der Waals surface area contributed by atoms with Crippen molar-refractivity contribution in [2.24, 2.45) is 0 Å². The number of ether oxygens (including phenoxy) is 2. The smallest absolute Gasteiger partial charge is 0.339 e. The van der Waals surface area contributed by atoms with Crippen LogP contribution in [0.1, 0.15) is 49.5 Å². The Bertz CT molecular complexity index is 702. The number of benzene rings is 2. The van der Waals surface area contributed by atoms with E-state index in [1.807, 2.05) is 30.3 Å². The lowest BCUT2D eigenvalue weighted by atomic mass is 9.87. The number of hydrogen-bond acceptors (Lipinski definition) is 4. The van der Waals surface area contributed by atoms with Gasteiger partial charge in [-0.05, 0) is 48.1 Å². The molecule has 140 valence electrons. The Hall–Kier alpha value is -2.49. The number of nitrogens with one attached hydrogen (secondary N) is 1. The van der Waals surface area contributed by atoms with Crippen LogP contribution in [0.4, 0.5) is 5.69 Å². The standard InChI is InChI=1S/C22H29NO3/c1-22(2,3)17-11-13-18(14-12-17)26-16-8-7-15-23-20-10-6-5-9-19(20)21(24)25-4/h5-6,9-14,23H,7-8,15-16H2,1-4H3. The molecule has 0 fully saturated rings. The summed E-state index contributed by atoms with van der Waals surface area (Å²) >= 11 is 0. The molecular formula is C22H29NO3. The first-order chi connectivity index (χ1) is 12.4. The molecule has 2 aromatic carbocycles. The number of carbonyl (C=O) groups excluding carboxylic acids is 1. The van der Waals surface area contributed by atoms with Gasteiger partial charge in [0.15, 0.2) is 0 Å². The Labute approximate surface area is 156 Å². The summed E-state index contributed by atoms with van der Waals surface area (Å²) in [6.07, 6.45) is 1.89. The summed E-state index contributed by atoms with van der Waals surface area (Å²) in [5.41, 5.74) is 2.83. The third kappa shape index (κ3) is 5.80. The minimum absolute atomic E-state index is 0.157. The zero-order valence-electron chi connectivity index (χ0n) is 16.2. The molecule has 0 aliphatic rings. The van der Waals surface area contributed by atoms with Crippen molar-refractivity contribution in [2.75, 3.05) is 25.6 Å².